The minimum Gasteiger partial charge on any atom is -0.487 e. The Morgan fingerprint density at radius 1 is 0.946 bits per heavy atom. The molecule has 0 N–H and O–H groups in total. The summed E-state index contributed by atoms with van der Waals surface area (Å²) in [6.07, 6.45) is 9.93. The van der Waals surface area contributed by atoms with Gasteiger partial charge in [-0.25, -0.2) is 0 Å². The number of hydrogen-bond donors (Lipinski definition) is 0. The molecule has 2 aromatic carbocycles. The first kappa shape index (κ1) is 27.5. The first-order valence-electron chi connectivity index (χ1n) is 14.2. The first-order valence-corrected chi connectivity index (χ1v) is 14.5. The summed E-state index contributed by atoms with van der Waals surface area (Å²) in [5, 5.41) is 0.716. The van der Waals surface area contributed by atoms with Crippen LogP contribution in [0, 0.1) is 0 Å². The highest BCUT2D eigenvalue weighted by atomic mass is 35.5. The Balaban J connectivity index is 1.58. The fraction of sp³-hybridized carbons (Fsp3) is 0.548. The summed E-state index contributed by atoms with van der Waals surface area (Å²) in [5.74, 6) is 0.867. The van der Waals surface area contributed by atoms with Crippen molar-refractivity contribution in [3.8, 4) is 5.75 Å². The molecule has 1 aliphatic heterocycles. The zero-order valence-electron chi connectivity index (χ0n) is 22.2. The summed E-state index contributed by atoms with van der Waals surface area (Å²) in [6, 6.07) is 15.4. The largest absolute Gasteiger partial charge is 0.487 e. The van der Waals surface area contributed by atoms with E-state index in [1.807, 2.05) is 53.4 Å². The molecule has 1 heterocycles. The van der Waals surface area contributed by atoms with E-state index in [0.29, 0.717) is 29.2 Å². The smallest absolute Gasteiger partial charge is 0.257 e. The molecule has 0 saturated heterocycles. The molecule has 1 fully saturated rings. The summed E-state index contributed by atoms with van der Waals surface area (Å²) in [4.78, 5) is 31.3. The SMILES string of the molecule is CCCN1CCCCCCN(C(=O)CCc2ccccc2Cl)[C@@H]2CCCC[C@@H]2Oc2ccccc2C1=O. The lowest BCUT2D eigenvalue weighted by Gasteiger charge is -2.40. The number of fused-ring (bicyclic) bond motifs is 2. The van der Waals surface area contributed by atoms with Gasteiger partial charge in [-0.15, -0.1) is 0 Å². The summed E-state index contributed by atoms with van der Waals surface area (Å²) in [7, 11) is 0. The Bertz CT molecular complexity index is 1040. The zero-order chi connectivity index (χ0) is 26.0. The van der Waals surface area contributed by atoms with Gasteiger partial charge in [0, 0.05) is 31.1 Å². The quantitative estimate of drug-likeness (QED) is 0.426. The monoisotopic (exact) mass is 524 g/mol. The van der Waals surface area contributed by atoms with Crippen LogP contribution in [-0.2, 0) is 11.2 Å². The normalized spacial score (nSPS) is 21.4. The van der Waals surface area contributed by atoms with E-state index in [-0.39, 0.29) is 24.0 Å². The molecule has 2 amide bonds. The Morgan fingerprint density at radius 2 is 1.68 bits per heavy atom. The van der Waals surface area contributed by atoms with Crippen LogP contribution in [0.1, 0.15) is 87.1 Å². The number of ether oxygens (including phenoxy) is 1. The maximum absolute atomic E-state index is 13.7. The van der Waals surface area contributed by atoms with Crippen LogP contribution in [0.5, 0.6) is 5.75 Å². The molecule has 5 nitrogen and oxygen atoms in total. The van der Waals surface area contributed by atoms with Crippen molar-refractivity contribution < 1.29 is 14.3 Å². The van der Waals surface area contributed by atoms with Gasteiger partial charge in [0.05, 0.1) is 11.6 Å². The van der Waals surface area contributed by atoms with Crippen LogP contribution in [0.4, 0.5) is 0 Å². The third kappa shape index (κ3) is 7.28. The lowest BCUT2D eigenvalue weighted by atomic mass is 9.90. The van der Waals surface area contributed by atoms with Crippen molar-refractivity contribution in [2.75, 3.05) is 19.6 Å². The number of aryl methyl sites for hydroxylation is 1. The number of amides is 2. The molecule has 200 valence electrons. The first-order chi connectivity index (χ1) is 18.1. The van der Waals surface area contributed by atoms with E-state index >= 15 is 0 Å². The fourth-order valence-corrected chi connectivity index (χ4v) is 5.97. The minimum atomic E-state index is -0.116. The second kappa shape index (κ2) is 13.9. The lowest BCUT2D eigenvalue weighted by molar-refractivity contribution is -0.136. The van der Waals surface area contributed by atoms with Gasteiger partial charge < -0.3 is 14.5 Å². The number of benzene rings is 2. The van der Waals surface area contributed by atoms with E-state index in [1.165, 1.54) is 0 Å². The molecule has 1 saturated carbocycles. The molecule has 0 aromatic heterocycles. The molecule has 2 atom stereocenters. The standard InChI is InChI=1S/C31H41ClN2O3/c1-2-21-33-22-11-3-4-12-23-34(30(35)20-19-24-13-5-7-15-26(24)32)27-16-8-10-18-29(27)37-28-17-9-6-14-25(28)31(33)36/h5-7,9,13-15,17,27,29H,2-4,8,10-12,16,18-23H2,1H3/t27-,29+/m1/s1. The molecule has 1 aliphatic carbocycles. The minimum absolute atomic E-state index is 0.0188. The number of rotatable bonds is 5. The van der Waals surface area contributed by atoms with Crippen LogP contribution < -0.4 is 4.74 Å². The molecule has 2 aliphatic rings. The lowest BCUT2D eigenvalue weighted by Crippen LogP contribution is -2.51. The third-order valence-electron chi connectivity index (χ3n) is 7.71. The average molecular weight is 525 g/mol. The van der Waals surface area contributed by atoms with Crippen LogP contribution in [0.2, 0.25) is 5.02 Å². The number of halogens is 1. The number of para-hydroxylation sites is 1. The van der Waals surface area contributed by atoms with Crippen molar-refractivity contribution in [1.29, 1.82) is 0 Å². The van der Waals surface area contributed by atoms with Crippen molar-refractivity contribution in [2.24, 2.45) is 0 Å². The summed E-state index contributed by atoms with van der Waals surface area (Å²) < 4.78 is 6.64. The maximum Gasteiger partial charge on any atom is 0.257 e. The zero-order valence-corrected chi connectivity index (χ0v) is 22.9. The molecular weight excluding hydrogens is 484 g/mol. The molecule has 0 bridgehead atoms. The fourth-order valence-electron chi connectivity index (χ4n) is 5.74. The van der Waals surface area contributed by atoms with Crippen molar-refractivity contribution in [3.05, 3.63) is 64.7 Å². The van der Waals surface area contributed by atoms with E-state index in [0.717, 1.165) is 83.0 Å². The summed E-state index contributed by atoms with van der Waals surface area (Å²) in [6.45, 7) is 4.39. The van der Waals surface area contributed by atoms with Crippen molar-refractivity contribution in [3.63, 3.8) is 0 Å². The van der Waals surface area contributed by atoms with Crippen LogP contribution in [0.25, 0.3) is 0 Å². The van der Waals surface area contributed by atoms with E-state index in [1.54, 1.807) is 0 Å². The van der Waals surface area contributed by atoms with Gasteiger partial charge in [-0.1, -0.05) is 68.1 Å². The Hall–Kier alpha value is -2.53. The van der Waals surface area contributed by atoms with Gasteiger partial charge in [-0.3, -0.25) is 9.59 Å². The van der Waals surface area contributed by atoms with Gasteiger partial charge in [0.15, 0.2) is 0 Å². The molecule has 37 heavy (non-hydrogen) atoms. The number of carbonyl (C=O) groups is 2. The molecule has 0 unspecified atom stereocenters. The number of hydrogen-bond acceptors (Lipinski definition) is 3. The second-order valence-corrected chi connectivity index (χ2v) is 10.8. The topological polar surface area (TPSA) is 49.9 Å². The maximum atomic E-state index is 13.7. The van der Waals surface area contributed by atoms with Crippen molar-refractivity contribution >= 4 is 23.4 Å². The Labute approximate surface area is 227 Å². The van der Waals surface area contributed by atoms with Gasteiger partial charge in [0.2, 0.25) is 5.91 Å². The molecule has 6 heteroatoms. The van der Waals surface area contributed by atoms with Gasteiger partial charge in [-0.05, 0) is 68.7 Å². The average Bonchev–Trinajstić information content (AvgIpc) is 2.91. The number of carbonyl (C=O) groups excluding carboxylic acids is 2. The Kier molecular flexibility index (Phi) is 10.3. The van der Waals surface area contributed by atoms with Crippen LogP contribution in [-0.4, -0.2) is 53.4 Å². The van der Waals surface area contributed by atoms with Crippen LogP contribution in [0.15, 0.2) is 48.5 Å². The van der Waals surface area contributed by atoms with Gasteiger partial charge >= 0.3 is 0 Å². The van der Waals surface area contributed by atoms with E-state index in [2.05, 4.69) is 11.8 Å². The molecule has 4 rings (SSSR count). The third-order valence-corrected chi connectivity index (χ3v) is 8.08. The Morgan fingerprint density at radius 3 is 2.49 bits per heavy atom. The van der Waals surface area contributed by atoms with Gasteiger partial charge in [0.1, 0.15) is 11.9 Å². The van der Waals surface area contributed by atoms with E-state index < -0.39 is 0 Å². The van der Waals surface area contributed by atoms with Gasteiger partial charge in [0.25, 0.3) is 5.91 Å². The molecular formula is C31H41ClN2O3. The molecule has 2 aromatic rings. The highest BCUT2D eigenvalue weighted by Crippen LogP contribution is 2.31. The molecule has 0 radical (unpaired) electrons. The second-order valence-electron chi connectivity index (χ2n) is 10.4. The summed E-state index contributed by atoms with van der Waals surface area (Å²) >= 11 is 6.37. The van der Waals surface area contributed by atoms with Crippen molar-refractivity contribution in [1.82, 2.24) is 9.80 Å². The predicted octanol–water partition coefficient (Wildman–Crippen LogP) is 6.92. The highest BCUT2D eigenvalue weighted by molar-refractivity contribution is 6.31. The van der Waals surface area contributed by atoms with E-state index in [4.69, 9.17) is 16.3 Å². The number of nitrogens with zero attached hydrogens (tertiary/aromatic N) is 2. The van der Waals surface area contributed by atoms with Crippen LogP contribution >= 0.6 is 11.6 Å². The van der Waals surface area contributed by atoms with Crippen molar-refractivity contribution in [2.45, 2.75) is 89.7 Å². The van der Waals surface area contributed by atoms with Gasteiger partial charge in [-0.2, -0.15) is 0 Å². The van der Waals surface area contributed by atoms with Crippen LogP contribution in [0.3, 0.4) is 0 Å². The molecule has 0 spiro atoms. The predicted molar refractivity (Wildman–Crippen MR) is 149 cm³/mol. The van der Waals surface area contributed by atoms with E-state index in [9.17, 15) is 9.59 Å². The summed E-state index contributed by atoms with van der Waals surface area (Å²) in [5.41, 5.74) is 1.65. The highest BCUT2D eigenvalue weighted by Gasteiger charge is 2.35.